The van der Waals surface area contributed by atoms with Gasteiger partial charge in [0, 0.05) is 12.6 Å². The van der Waals surface area contributed by atoms with Crippen molar-refractivity contribution in [3.63, 3.8) is 0 Å². The first kappa shape index (κ1) is 8.47. The van der Waals surface area contributed by atoms with E-state index in [0.29, 0.717) is 11.4 Å². The molecule has 0 aromatic carbocycles. The van der Waals surface area contributed by atoms with E-state index in [2.05, 4.69) is 10.2 Å². The number of halogens is 1. The van der Waals surface area contributed by atoms with E-state index in [9.17, 15) is 0 Å². The number of nitrogens with zero attached hydrogens (tertiary/aromatic N) is 3. The van der Waals surface area contributed by atoms with Crippen molar-refractivity contribution in [2.24, 2.45) is 0 Å². The Morgan fingerprint density at radius 3 is 3.00 bits per heavy atom. The predicted octanol–water partition coefficient (Wildman–Crippen LogP) is 0.917. The molecule has 68 valence electrons. The van der Waals surface area contributed by atoms with Crippen LogP contribution in [0.25, 0.3) is 5.65 Å². The summed E-state index contributed by atoms with van der Waals surface area (Å²) in [6, 6.07) is 3.55. The SMILES string of the molecule is OCCc1nnc2ccc(Cl)cn12. The summed E-state index contributed by atoms with van der Waals surface area (Å²) in [6.07, 6.45) is 2.23. The second-order valence-corrected chi connectivity index (χ2v) is 3.10. The Bertz CT molecular complexity index is 426. The van der Waals surface area contributed by atoms with Crippen LogP contribution in [0.5, 0.6) is 0 Å². The zero-order valence-electron chi connectivity index (χ0n) is 6.81. The summed E-state index contributed by atoms with van der Waals surface area (Å²) in [6.45, 7) is 0.0628. The molecule has 0 bridgehead atoms. The van der Waals surface area contributed by atoms with Gasteiger partial charge in [-0.15, -0.1) is 10.2 Å². The lowest BCUT2D eigenvalue weighted by molar-refractivity contribution is 0.296. The first-order valence-corrected chi connectivity index (χ1v) is 4.29. The molecule has 4 nitrogen and oxygen atoms in total. The van der Waals surface area contributed by atoms with Crippen molar-refractivity contribution in [1.29, 1.82) is 0 Å². The van der Waals surface area contributed by atoms with Crippen molar-refractivity contribution in [2.75, 3.05) is 6.61 Å². The van der Waals surface area contributed by atoms with Gasteiger partial charge >= 0.3 is 0 Å². The van der Waals surface area contributed by atoms with Crippen LogP contribution < -0.4 is 0 Å². The maximum absolute atomic E-state index is 8.75. The molecule has 0 fully saturated rings. The summed E-state index contributed by atoms with van der Waals surface area (Å²) in [5.74, 6) is 0.722. The zero-order chi connectivity index (χ0) is 9.26. The van der Waals surface area contributed by atoms with Crippen molar-refractivity contribution >= 4 is 17.2 Å². The molecule has 0 saturated heterocycles. The monoisotopic (exact) mass is 197 g/mol. The number of aromatic nitrogens is 3. The van der Waals surface area contributed by atoms with Crippen LogP contribution in [0.2, 0.25) is 5.02 Å². The Morgan fingerprint density at radius 1 is 1.38 bits per heavy atom. The molecule has 0 saturated carbocycles. The Hall–Kier alpha value is -1.13. The molecule has 0 radical (unpaired) electrons. The van der Waals surface area contributed by atoms with Crippen molar-refractivity contribution in [3.8, 4) is 0 Å². The van der Waals surface area contributed by atoms with Gasteiger partial charge in [0.15, 0.2) is 5.65 Å². The zero-order valence-corrected chi connectivity index (χ0v) is 7.57. The van der Waals surface area contributed by atoms with Gasteiger partial charge in [-0.2, -0.15) is 0 Å². The molecule has 0 aliphatic heterocycles. The molecule has 0 amide bonds. The summed E-state index contributed by atoms with van der Waals surface area (Å²) in [7, 11) is 0. The molecule has 0 spiro atoms. The lowest BCUT2D eigenvalue weighted by Crippen LogP contribution is -1.97. The van der Waals surface area contributed by atoms with Gasteiger partial charge in [-0.1, -0.05) is 11.6 Å². The minimum atomic E-state index is 0.0628. The average Bonchev–Trinajstić information content (AvgIpc) is 2.49. The molecular formula is C8H8ClN3O. The van der Waals surface area contributed by atoms with Crippen LogP contribution in [-0.4, -0.2) is 26.3 Å². The summed E-state index contributed by atoms with van der Waals surface area (Å²) in [5.41, 5.74) is 0.743. The quantitative estimate of drug-likeness (QED) is 0.779. The minimum Gasteiger partial charge on any atom is -0.396 e. The largest absolute Gasteiger partial charge is 0.396 e. The fraction of sp³-hybridized carbons (Fsp3) is 0.250. The van der Waals surface area contributed by atoms with Gasteiger partial charge in [-0.25, -0.2) is 0 Å². The third kappa shape index (κ3) is 1.50. The highest BCUT2D eigenvalue weighted by molar-refractivity contribution is 6.30. The van der Waals surface area contributed by atoms with E-state index in [1.165, 1.54) is 0 Å². The van der Waals surface area contributed by atoms with Gasteiger partial charge in [0.05, 0.1) is 11.6 Å². The first-order valence-electron chi connectivity index (χ1n) is 3.91. The van der Waals surface area contributed by atoms with E-state index in [4.69, 9.17) is 16.7 Å². The Kier molecular flexibility index (Phi) is 2.16. The molecule has 2 aromatic heterocycles. The third-order valence-corrected chi connectivity index (χ3v) is 2.00. The van der Waals surface area contributed by atoms with E-state index in [1.807, 2.05) is 0 Å². The second kappa shape index (κ2) is 3.32. The molecule has 0 aliphatic carbocycles. The molecule has 0 aliphatic rings. The molecule has 1 N–H and O–H groups in total. The van der Waals surface area contributed by atoms with Gasteiger partial charge in [0.1, 0.15) is 5.82 Å². The van der Waals surface area contributed by atoms with Crippen molar-refractivity contribution in [2.45, 2.75) is 6.42 Å². The molecule has 0 unspecified atom stereocenters. The van der Waals surface area contributed by atoms with E-state index >= 15 is 0 Å². The average molecular weight is 198 g/mol. The van der Waals surface area contributed by atoms with E-state index in [0.717, 1.165) is 11.5 Å². The summed E-state index contributed by atoms with van der Waals surface area (Å²) >= 11 is 5.81. The van der Waals surface area contributed by atoms with Crippen LogP contribution in [0.1, 0.15) is 5.82 Å². The summed E-state index contributed by atoms with van der Waals surface area (Å²) < 4.78 is 1.78. The normalized spacial score (nSPS) is 10.9. The molecule has 2 aromatic rings. The number of aliphatic hydroxyl groups is 1. The summed E-state index contributed by atoms with van der Waals surface area (Å²) in [4.78, 5) is 0. The number of hydrogen-bond donors (Lipinski definition) is 1. The summed E-state index contributed by atoms with van der Waals surface area (Å²) in [5, 5.41) is 17.2. The van der Waals surface area contributed by atoms with Gasteiger partial charge in [0.25, 0.3) is 0 Å². The van der Waals surface area contributed by atoms with Gasteiger partial charge in [-0.3, -0.25) is 4.40 Å². The lowest BCUT2D eigenvalue weighted by atomic mass is 10.4. The Morgan fingerprint density at radius 2 is 2.23 bits per heavy atom. The van der Waals surface area contributed by atoms with Crippen molar-refractivity contribution in [1.82, 2.24) is 14.6 Å². The van der Waals surface area contributed by atoms with Crippen molar-refractivity contribution < 1.29 is 5.11 Å². The van der Waals surface area contributed by atoms with E-state index < -0.39 is 0 Å². The van der Waals surface area contributed by atoms with Crippen LogP contribution in [0, 0.1) is 0 Å². The van der Waals surface area contributed by atoms with Gasteiger partial charge in [0.2, 0.25) is 0 Å². The fourth-order valence-electron chi connectivity index (χ4n) is 1.18. The smallest absolute Gasteiger partial charge is 0.160 e. The van der Waals surface area contributed by atoms with E-state index in [1.54, 1.807) is 22.7 Å². The second-order valence-electron chi connectivity index (χ2n) is 2.67. The maximum Gasteiger partial charge on any atom is 0.160 e. The highest BCUT2D eigenvalue weighted by Gasteiger charge is 2.03. The topological polar surface area (TPSA) is 50.4 Å². The fourth-order valence-corrected chi connectivity index (χ4v) is 1.34. The highest BCUT2D eigenvalue weighted by atomic mass is 35.5. The molecule has 13 heavy (non-hydrogen) atoms. The predicted molar refractivity (Wildman–Crippen MR) is 48.8 cm³/mol. The molecular weight excluding hydrogens is 190 g/mol. The number of fused-ring (bicyclic) bond motifs is 1. The number of rotatable bonds is 2. The molecule has 0 atom stereocenters. The lowest BCUT2D eigenvalue weighted by Gasteiger charge is -1.96. The van der Waals surface area contributed by atoms with Crippen LogP contribution in [0.3, 0.4) is 0 Å². The number of pyridine rings is 1. The number of hydrogen-bond acceptors (Lipinski definition) is 3. The third-order valence-electron chi connectivity index (χ3n) is 1.77. The van der Waals surface area contributed by atoms with E-state index in [-0.39, 0.29) is 6.61 Å². The maximum atomic E-state index is 8.75. The van der Waals surface area contributed by atoms with Gasteiger partial charge < -0.3 is 5.11 Å². The molecule has 2 rings (SSSR count). The van der Waals surface area contributed by atoms with Crippen LogP contribution in [0.15, 0.2) is 18.3 Å². The Balaban J connectivity index is 2.58. The molecule has 2 heterocycles. The molecule has 5 heteroatoms. The van der Waals surface area contributed by atoms with Gasteiger partial charge in [-0.05, 0) is 12.1 Å². The van der Waals surface area contributed by atoms with Crippen LogP contribution in [-0.2, 0) is 6.42 Å². The Labute approximate surface area is 79.8 Å². The minimum absolute atomic E-state index is 0.0628. The van der Waals surface area contributed by atoms with Crippen molar-refractivity contribution in [3.05, 3.63) is 29.2 Å². The first-order chi connectivity index (χ1) is 6.31. The highest BCUT2D eigenvalue weighted by Crippen LogP contribution is 2.11. The number of aliphatic hydroxyl groups excluding tert-OH is 1. The van der Waals surface area contributed by atoms with Crippen LogP contribution >= 0.6 is 11.6 Å². The van der Waals surface area contributed by atoms with Crippen LogP contribution in [0.4, 0.5) is 0 Å². The standard InChI is InChI=1S/C8H8ClN3O/c9-6-1-2-7-10-11-8(3-4-13)12(7)5-6/h1-2,5,13H,3-4H2.